The van der Waals surface area contributed by atoms with E-state index in [1.807, 2.05) is 0 Å². The van der Waals surface area contributed by atoms with Gasteiger partial charge in [-0.25, -0.2) is 8.70 Å². The Labute approximate surface area is 120 Å². The molecule has 6 nitrogen and oxygen atoms in total. The minimum absolute atomic E-state index is 0.153. The van der Waals surface area contributed by atoms with E-state index in [-0.39, 0.29) is 10.7 Å². The first kappa shape index (κ1) is 13.7. The topological polar surface area (TPSA) is 70.6 Å². The van der Waals surface area contributed by atoms with Crippen LogP contribution < -0.4 is 0 Å². The molecule has 0 bridgehead atoms. The van der Waals surface area contributed by atoms with Gasteiger partial charge < -0.3 is 0 Å². The SMILES string of the molecule is O=C1[C@H]2CCCN2S(=O)(=O)N1Cc1nccc(Cl)c1F. The summed E-state index contributed by atoms with van der Waals surface area (Å²) in [6, 6.07) is 0.612. The molecule has 0 spiro atoms. The highest BCUT2D eigenvalue weighted by Gasteiger charge is 2.52. The van der Waals surface area contributed by atoms with Gasteiger partial charge in [0.05, 0.1) is 17.3 Å². The van der Waals surface area contributed by atoms with Gasteiger partial charge in [-0.05, 0) is 18.9 Å². The molecular formula is C11H11ClFN3O3S. The standard InChI is InChI=1S/C11H11ClFN3O3S/c12-7-3-4-14-8(10(7)13)6-16-11(17)9-2-1-5-15(9)20(16,18)19/h3-4,9H,1-2,5-6H2/t9-/m1/s1. The van der Waals surface area contributed by atoms with Crippen LogP contribution in [0.3, 0.4) is 0 Å². The molecule has 1 amide bonds. The monoisotopic (exact) mass is 319 g/mol. The highest BCUT2D eigenvalue weighted by atomic mass is 35.5. The fraction of sp³-hybridized carbons (Fsp3) is 0.455. The number of halogens is 2. The summed E-state index contributed by atoms with van der Waals surface area (Å²) in [5.74, 6) is -1.33. The van der Waals surface area contributed by atoms with Crippen LogP contribution in [-0.4, -0.2) is 40.5 Å². The molecule has 0 N–H and O–H groups in total. The Morgan fingerprint density at radius 3 is 2.95 bits per heavy atom. The number of hydrogen-bond donors (Lipinski definition) is 0. The summed E-state index contributed by atoms with van der Waals surface area (Å²) in [6.07, 6.45) is 2.43. The van der Waals surface area contributed by atoms with Gasteiger partial charge in [0.2, 0.25) is 0 Å². The van der Waals surface area contributed by atoms with Crippen molar-refractivity contribution in [2.45, 2.75) is 25.4 Å². The zero-order chi connectivity index (χ0) is 14.5. The fourth-order valence-corrected chi connectivity index (χ4v) is 4.47. The van der Waals surface area contributed by atoms with Crippen molar-refractivity contribution in [3.63, 3.8) is 0 Å². The molecule has 2 saturated heterocycles. The van der Waals surface area contributed by atoms with Crippen LogP contribution in [0.25, 0.3) is 0 Å². The maximum Gasteiger partial charge on any atom is 0.307 e. The molecule has 2 aliphatic heterocycles. The smallest absolute Gasteiger partial charge is 0.272 e. The predicted molar refractivity (Wildman–Crippen MR) is 68.4 cm³/mol. The lowest BCUT2D eigenvalue weighted by atomic mass is 10.2. The maximum absolute atomic E-state index is 13.8. The van der Waals surface area contributed by atoms with Crippen LogP contribution in [-0.2, 0) is 21.5 Å². The molecule has 0 radical (unpaired) electrons. The molecule has 2 aliphatic rings. The molecule has 0 saturated carbocycles. The minimum atomic E-state index is -3.87. The average Bonchev–Trinajstić information content (AvgIpc) is 2.94. The summed E-state index contributed by atoms with van der Waals surface area (Å²) >= 11 is 5.62. The third kappa shape index (κ3) is 1.90. The summed E-state index contributed by atoms with van der Waals surface area (Å²) in [5.41, 5.74) is -0.157. The molecule has 1 aromatic rings. The normalized spacial score (nSPS) is 25.2. The zero-order valence-electron chi connectivity index (χ0n) is 10.3. The summed E-state index contributed by atoms with van der Waals surface area (Å²) in [6.45, 7) is -0.110. The van der Waals surface area contributed by atoms with Gasteiger partial charge in [0.15, 0.2) is 5.82 Å². The molecule has 0 unspecified atom stereocenters. The summed E-state index contributed by atoms with van der Waals surface area (Å²) in [4.78, 5) is 15.9. The molecule has 1 atom stereocenters. The van der Waals surface area contributed by atoms with Gasteiger partial charge in [0.1, 0.15) is 6.04 Å². The van der Waals surface area contributed by atoms with Crippen LogP contribution in [0.1, 0.15) is 18.5 Å². The minimum Gasteiger partial charge on any atom is -0.272 e. The van der Waals surface area contributed by atoms with E-state index in [1.54, 1.807) is 0 Å². The van der Waals surface area contributed by atoms with Crippen molar-refractivity contribution in [1.29, 1.82) is 0 Å². The van der Waals surface area contributed by atoms with Crippen molar-refractivity contribution in [1.82, 2.24) is 13.6 Å². The van der Waals surface area contributed by atoms with Gasteiger partial charge in [0.25, 0.3) is 5.91 Å². The Morgan fingerprint density at radius 1 is 1.50 bits per heavy atom. The molecule has 3 heterocycles. The first-order chi connectivity index (χ1) is 9.43. The van der Waals surface area contributed by atoms with Crippen LogP contribution in [0.2, 0.25) is 5.02 Å². The number of pyridine rings is 1. The highest BCUT2D eigenvalue weighted by Crippen LogP contribution is 2.33. The quantitative estimate of drug-likeness (QED) is 0.813. The van der Waals surface area contributed by atoms with Crippen molar-refractivity contribution < 1.29 is 17.6 Å². The number of amides is 1. The van der Waals surface area contributed by atoms with Crippen LogP contribution in [0.4, 0.5) is 4.39 Å². The first-order valence-corrected chi connectivity index (χ1v) is 7.82. The molecule has 20 heavy (non-hydrogen) atoms. The number of carbonyl (C=O) groups excluding carboxylic acids is 1. The van der Waals surface area contributed by atoms with Crippen molar-refractivity contribution in [3.8, 4) is 0 Å². The molecular weight excluding hydrogens is 309 g/mol. The summed E-state index contributed by atoms with van der Waals surface area (Å²) in [7, 11) is -3.87. The van der Waals surface area contributed by atoms with Gasteiger partial charge in [-0.1, -0.05) is 11.6 Å². The van der Waals surface area contributed by atoms with E-state index >= 15 is 0 Å². The van der Waals surface area contributed by atoms with Gasteiger partial charge in [0, 0.05) is 12.7 Å². The third-order valence-corrected chi connectivity index (χ3v) is 5.70. The van der Waals surface area contributed by atoms with Gasteiger partial charge in [-0.2, -0.15) is 12.7 Å². The predicted octanol–water partition coefficient (Wildman–Crippen LogP) is 0.925. The van der Waals surface area contributed by atoms with Crippen molar-refractivity contribution >= 4 is 27.7 Å². The first-order valence-electron chi connectivity index (χ1n) is 6.05. The molecule has 0 aromatic carbocycles. The fourth-order valence-electron chi connectivity index (χ4n) is 2.54. The van der Waals surface area contributed by atoms with E-state index in [9.17, 15) is 17.6 Å². The van der Waals surface area contributed by atoms with Crippen molar-refractivity contribution in [2.75, 3.05) is 6.54 Å². The number of carbonyl (C=O) groups is 1. The van der Waals surface area contributed by atoms with E-state index in [0.717, 1.165) is 4.31 Å². The van der Waals surface area contributed by atoms with E-state index in [4.69, 9.17) is 11.6 Å². The van der Waals surface area contributed by atoms with Gasteiger partial charge >= 0.3 is 10.2 Å². The number of nitrogens with zero attached hydrogens (tertiary/aromatic N) is 3. The molecule has 1 aromatic heterocycles. The van der Waals surface area contributed by atoms with Crippen LogP contribution in [0.5, 0.6) is 0 Å². The van der Waals surface area contributed by atoms with E-state index < -0.39 is 34.5 Å². The Bertz CT molecular complexity index is 681. The second-order valence-corrected chi connectivity index (χ2v) is 6.89. The largest absolute Gasteiger partial charge is 0.307 e. The Balaban J connectivity index is 1.95. The van der Waals surface area contributed by atoms with Crippen molar-refractivity contribution in [2.24, 2.45) is 0 Å². The van der Waals surface area contributed by atoms with Crippen LogP contribution in [0, 0.1) is 5.82 Å². The number of hydrogen-bond acceptors (Lipinski definition) is 4. The summed E-state index contributed by atoms with van der Waals surface area (Å²) in [5, 5.41) is -0.153. The third-order valence-electron chi connectivity index (χ3n) is 3.52. The molecule has 2 fully saturated rings. The Morgan fingerprint density at radius 2 is 2.25 bits per heavy atom. The molecule has 108 valence electrons. The molecule has 3 rings (SSSR count). The Kier molecular flexibility index (Phi) is 3.19. The zero-order valence-corrected chi connectivity index (χ0v) is 11.9. The van der Waals surface area contributed by atoms with E-state index in [2.05, 4.69) is 4.98 Å². The lowest BCUT2D eigenvalue weighted by Gasteiger charge is -2.17. The second kappa shape index (κ2) is 4.64. The van der Waals surface area contributed by atoms with Crippen LogP contribution >= 0.6 is 11.6 Å². The number of aromatic nitrogens is 1. The van der Waals surface area contributed by atoms with E-state index in [0.29, 0.717) is 23.7 Å². The number of rotatable bonds is 2. The maximum atomic E-state index is 13.8. The second-order valence-electron chi connectivity index (χ2n) is 4.67. The van der Waals surface area contributed by atoms with E-state index in [1.165, 1.54) is 12.3 Å². The van der Waals surface area contributed by atoms with Crippen molar-refractivity contribution in [3.05, 3.63) is 28.8 Å². The van der Waals surface area contributed by atoms with Crippen LogP contribution in [0.15, 0.2) is 12.3 Å². The lowest BCUT2D eigenvalue weighted by Crippen LogP contribution is -2.34. The number of fused-ring (bicyclic) bond motifs is 1. The lowest BCUT2D eigenvalue weighted by molar-refractivity contribution is -0.127. The Hall–Kier alpha value is -1.25. The molecule has 0 aliphatic carbocycles. The van der Waals surface area contributed by atoms with Gasteiger partial charge in [-0.15, -0.1) is 0 Å². The van der Waals surface area contributed by atoms with Gasteiger partial charge in [-0.3, -0.25) is 9.78 Å². The highest BCUT2D eigenvalue weighted by molar-refractivity contribution is 7.87. The molecule has 9 heteroatoms. The average molecular weight is 320 g/mol. The summed E-state index contributed by atoms with van der Waals surface area (Å²) < 4.78 is 40.1.